The van der Waals surface area contributed by atoms with Crippen LogP contribution in [-0.4, -0.2) is 57.0 Å². The first-order valence-electron chi connectivity index (χ1n) is 5.79. The molecule has 108 valence electrons. The molecule has 0 fully saturated rings. The summed E-state index contributed by atoms with van der Waals surface area (Å²) >= 11 is 3.25. The van der Waals surface area contributed by atoms with E-state index < -0.39 is 10.0 Å². The van der Waals surface area contributed by atoms with Crippen LogP contribution < -0.4 is 0 Å². The molecule has 0 spiro atoms. The highest BCUT2D eigenvalue weighted by Gasteiger charge is 2.23. The Morgan fingerprint density at radius 1 is 1.21 bits per heavy atom. The minimum absolute atomic E-state index is 0.181. The van der Waals surface area contributed by atoms with E-state index in [9.17, 15) is 8.42 Å². The molecule has 1 aromatic rings. The van der Waals surface area contributed by atoms with Crippen LogP contribution in [0, 0.1) is 0 Å². The van der Waals surface area contributed by atoms with Crippen LogP contribution in [0.5, 0.6) is 0 Å². The highest BCUT2D eigenvalue weighted by molar-refractivity contribution is 9.10. The fraction of sp³-hybridized carbons (Fsp3) is 0.500. The highest BCUT2D eigenvalue weighted by Crippen LogP contribution is 2.25. The Morgan fingerprint density at radius 3 is 2.37 bits per heavy atom. The lowest BCUT2D eigenvalue weighted by Gasteiger charge is -2.20. The minimum atomic E-state index is -3.55. The van der Waals surface area contributed by atoms with Crippen molar-refractivity contribution in [3.63, 3.8) is 0 Å². The first-order chi connectivity index (χ1) is 8.78. The van der Waals surface area contributed by atoms with Crippen LogP contribution in [0.15, 0.2) is 27.6 Å². The fourth-order valence-corrected chi connectivity index (χ4v) is 3.61. The molecule has 0 aliphatic rings. The minimum Gasteiger partial charge on any atom is -0.392 e. The van der Waals surface area contributed by atoms with Crippen molar-refractivity contribution in [2.45, 2.75) is 11.5 Å². The van der Waals surface area contributed by atoms with Gasteiger partial charge in [-0.3, -0.25) is 0 Å². The van der Waals surface area contributed by atoms with Gasteiger partial charge < -0.3 is 10.0 Å². The average Bonchev–Trinajstić information content (AvgIpc) is 2.36. The van der Waals surface area contributed by atoms with E-state index in [-0.39, 0.29) is 11.5 Å². The molecule has 0 amide bonds. The molecule has 7 heteroatoms. The number of nitrogens with zero attached hydrogens (tertiary/aromatic N) is 2. The molecule has 0 unspecified atom stereocenters. The maximum atomic E-state index is 12.4. The maximum Gasteiger partial charge on any atom is 0.243 e. The topological polar surface area (TPSA) is 60.9 Å². The zero-order valence-electron chi connectivity index (χ0n) is 11.3. The van der Waals surface area contributed by atoms with Gasteiger partial charge in [-0.2, -0.15) is 4.31 Å². The van der Waals surface area contributed by atoms with E-state index in [1.165, 1.54) is 10.4 Å². The SMILES string of the molecule is CN(C)CCN(C)S(=O)(=O)c1cc(CO)ccc1Br. The summed E-state index contributed by atoms with van der Waals surface area (Å²) in [5.74, 6) is 0. The summed E-state index contributed by atoms with van der Waals surface area (Å²) in [6.45, 7) is 0.870. The first-order valence-corrected chi connectivity index (χ1v) is 8.02. The first kappa shape index (κ1) is 16.6. The molecule has 0 atom stereocenters. The van der Waals surface area contributed by atoms with Crippen molar-refractivity contribution in [3.05, 3.63) is 28.2 Å². The van der Waals surface area contributed by atoms with Crippen LogP contribution in [0.25, 0.3) is 0 Å². The lowest BCUT2D eigenvalue weighted by atomic mass is 10.2. The number of benzene rings is 1. The van der Waals surface area contributed by atoms with E-state index in [0.29, 0.717) is 23.1 Å². The Bertz CT molecular complexity index is 532. The van der Waals surface area contributed by atoms with Gasteiger partial charge in [0, 0.05) is 24.6 Å². The standard InChI is InChI=1S/C12H19BrN2O3S/c1-14(2)6-7-15(3)19(17,18)12-8-10(9-16)4-5-11(12)13/h4-5,8,16H,6-7,9H2,1-3H3. The number of likely N-dealkylation sites (N-methyl/N-ethyl adjacent to an activating group) is 2. The monoisotopic (exact) mass is 350 g/mol. The number of hydrogen-bond acceptors (Lipinski definition) is 4. The molecular formula is C12H19BrN2O3S. The lowest BCUT2D eigenvalue weighted by Crippen LogP contribution is -2.33. The Balaban J connectivity index is 3.05. The van der Waals surface area contributed by atoms with E-state index >= 15 is 0 Å². The van der Waals surface area contributed by atoms with E-state index in [1.807, 2.05) is 19.0 Å². The molecular weight excluding hydrogens is 332 g/mol. The summed E-state index contributed by atoms with van der Waals surface area (Å²) in [5.41, 5.74) is 0.572. The Kier molecular flexibility index (Phi) is 5.94. The van der Waals surface area contributed by atoms with Gasteiger partial charge in [-0.1, -0.05) is 6.07 Å². The molecule has 0 bridgehead atoms. The summed E-state index contributed by atoms with van der Waals surface area (Å²) in [6.07, 6.45) is 0. The molecule has 1 aromatic carbocycles. The summed E-state index contributed by atoms with van der Waals surface area (Å²) in [4.78, 5) is 2.10. The van der Waals surface area contributed by atoms with Gasteiger partial charge in [0.25, 0.3) is 0 Å². The summed E-state index contributed by atoms with van der Waals surface area (Å²) in [7, 11) is 1.79. The van der Waals surface area contributed by atoms with Crippen molar-refractivity contribution in [1.29, 1.82) is 0 Å². The molecule has 0 aliphatic heterocycles. The number of halogens is 1. The number of hydrogen-bond donors (Lipinski definition) is 1. The third kappa shape index (κ3) is 4.25. The third-order valence-electron chi connectivity index (χ3n) is 2.73. The Labute approximate surface area is 123 Å². The van der Waals surface area contributed by atoms with Crippen LogP contribution in [-0.2, 0) is 16.6 Å². The molecule has 19 heavy (non-hydrogen) atoms. The molecule has 0 radical (unpaired) electrons. The predicted octanol–water partition coefficient (Wildman–Crippen LogP) is 1.12. The molecule has 5 nitrogen and oxygen atoms in total. The van der Waals surface area contributed by atoms with Gasteiger partial charge in [-0.15, -0.1) is 0 Å². The van der Waals surface area contributed by atoms with Crippen LogP contribution >= 0.6 is 15.9 Å². The number of rotatable bonds is 6. The van der Waals surface area contributed by atoms with Crippen molar-refractivity contribution < 1.29 is 13.5 Å². The third-order valence-corrected chi connectivity index (χ3v) is 5.58. The van der Waals surface area contributed by atoms with E-state index in [2.05, 4.69) is 15.9 Å². The molecule has 1 rings (SSSR count). The van der Waals surface area contributed by atoms with E-state index in [0.717, 1.165) is 0 Å². The van der Waals surface area contributed by atoms with Crippen molar-refractivity contribution in [3.8, 4) is 0 Å². The van der Waals surface area contributed by atoms with Crippen LogP contribution in [0.3, 0.4) is 0 Å². The number of aliphatic hydroxyl groups is 1. The normalized spacial score (nSPS) is 12.4. The van der Waals surface area contributed by atoms with Gasteiger partial charge in [0.05, 0.1) is 11.5 Å². The van der Waals surface area contributed by atoms with Crippen molar-refractivity contribution in [2.75, 3.05) is 34.2 Å². The van der Waals surface area contributed by atoms with Gasteiger partial charge >= 0.3 is 0 Å². The van der Waals surface area contributed by atoms with E-state index in [1.54, 1.807) is 19.2 Å². The predicted molar refractivity (Wildman–Crippen MR) is 78.4 cm³/mol. The summed E-state index contributed by atoms with van der Waals surface area (Å²) < 4.78 is 26.7. The van der Waals surface area contributed by atoms with Crippen LogP contribution in [0.4, 0.5) is 0 Å². The second kappa shape index (κ2) is 6.81. The Morgan fingerprint density at radius 2 is 1.84 bits per heavy atom. The van der Waals surface area contributed by atoms with Crippen molar-refractivity contribution in [2.24, 2.45) is 0 Å². The van der Waals surface area contributed by atoms with Gasteiger partial charge in [0.2, 0.25) is 10.0 Å². The molecule has 0 aromatic heterocycles. The van der Waals surface area contributed by atoms with Crippen LogP contribution in [0.2, 0.25) is 0 Å². The zero-order valence-corrected chi connectivity index (χ0v) is 13.7. The van der Waals surface area contributed by atoms with Gasteiger partial charge in [0.15, 0.2) is 0 Å². The van der Waals surface area contributed by atoms with E-state index in [4.69, 9.17) is 5.11 Å². The molecule has 0 heterocycles. The summed E-state index contributed by atoms with van der Waals surface area (Å²) in [6, 6.07) is 4.81. The summed E-state index contributed by atoms with van der Waals surface area (Å²) in [5, 5.41) is 9.10. The second-order valence-electron chi connectivity index (χ2n) is 4.55. The van der Waals surface area contributed by atoms with Gasteiger partial charge in [-0.05, 0) is 47.7 Å². The largest absolute Gasteiger partial charge is 0.392 e. The second-order valence-corrected chi connectivity index (χ2v) is 7.42. The molecule has 0 saturated carbocycles. The zero-order chi connectivity index (χ0) is 14.6. The highest BCUT2D eigenvalue weighted by atomic mass is 79.9. The van der Waals surface area contributed by atoms with Gasteiger partial charge in [-0.25, -0.2) is 8.42 Å². The van der Waals surface area contributed by atoms with Crippen molar-refractivity contribution in [1.82, 2.24) is 9.21 Å². The molecule has 1 N–H and O–H groups in total. The van der Waals surface area contributed by atoms with Gasteiger partial charge in [0.1, 0.15) is 0 Å². The maximum absolute atomic E-state index is 12.4. The fourth-order valence-electron chi connectivity index (χ4n) is 1.47. The number of sulfonamides is 1. The van der Waals surface area contributed by atoms with Crippen molar-refractivity contribution >= 4 is 26.0 Å². The smallest absolute Gasteiger partial charge is 0.243 e. The van der Waals surface area contributed by atoms with Crippen LogP contribution in [0.1, 0.15) is 5.56 Å². The number of aliphatic hydroxyl groups excluding tert-OH is 1. The lowest BCUT2D eigenvalue weighted by molar-refractivity contribution is 0.281. The Hall–Kier alpha value is -0.470. The average molecular weight is 351 g/mol. The molecule has 0 saturated heterocycles. The quantitative estimate of drug-likeness (QED) is 0.835. The molecule has 0 aliphatic carbocycles.